The third kappa shape index (κ3) is 19.1. The maximum Gasteiger partial charge on any atom is 0.407 e. The van der Waals surface area contributed by atoms with Crippen LogP contribution in [-0.2, 0) is 18.9 Å². The fourth-order valence-corrected chi connectivity index (χ4v) is 5.82. The molecule has 3 N–H and O–H groups in total. The fourth-order valence-electron chi connectivity index (χ4n) is 5.82. The number of rotatable bonds is 13. The summed E-state index contributed by atoms with van der Waals surface area (Å²) in [7, 11) is 0. The van der Waals surface area contributed by atoms with Crippen LogP contribution >= 0.6 is 0 Å². The molecule has 0 bridgehead atoms. The van der Waals surface area contributed by atoms with Gasteiger partial charge in [0.15, 0.2) is 0 Å². The standard InChI is InChI=1S/C17H33NO4.C17H31NO3/c1-13(18-16(20)22-17(2,3)4)9-10-14-7-5-6-8-15(14)21-12-11-19;1-6-20-15-10-8-7-9-14(15)12-11-13(2)18-16(19)21-17(3,4)5/h13-15,19H,5-12H2,1-4H3,(H,18,20);6,13-15H,1,7-12H2,2-5H3,(H,18,19)/t2*13-,14+,15+/m11/s1. The summed E-state index contributed by atoms with van der Waals surface area (Å²) in [5.74, 6) is 1.10. The Morgan fingerprint density at radius 2 is 1.21 bits per heavy atom. The number of alkyl carbamates (subject to hydrolysis) is 2. The molecule has 2 aliphatic rings. The maximum absolute atomic E-state index is 11.7. The summed E-state index contributed by atoms with van der Waals surface area (Å²) in [5.41, 5.74) is -0.910. The van der Waals surface area contributed by atoms with Gasteiger partial charge >= 0.3 is 12.2 Å². The summed E-state index contributed by atoms with van der Waals surface area (Å²) in [5, 5.41) is 14.7. The summed E-state index contributed by atoms with van der Waals surface area (Å²) in [4.78, 5) is 23.5. The highest BCUT2D eigenvalue weighted by Crippen LogP contribution is 2.32. The van der Waals surface area contributed by atoms with Gasteiger partial charge in [0.1, 0.15) is 17.3 Å². The van der Waals surface area contributed by atoms with Crippen LogP contribution in [0.4, 0.5) is 9.59 Å². The van der Waals surface area contributed by atoms with E-state index in [1.807, 2.05) is 55.4 Å². The summed E-state index contributed by atoms with van der Waals surface area (Å²) in [6, 6.07) is 0.210. The lowest BCUT2D eigenvalue weighted by molar-refractivity contribution is -0.0281. The number of aliphatic hydroxyl groups is 1. The van der Waals surface area contributed by atoms with Gasteiger partial charge in [-0.15, -0.1) is 0 Å². The third-order valence-electron chi connectivity index (χ3n) is 7.84. The van der Waals surface area contributed by atoms with Gasteiger partial charge in [0.05, 0.1) is 25.6 Å². The first-order valence-electron chi connectivity index (χ1n) is 16.6. The van der Waals surface area contributed by atoms with E-state index in [0.717, 1.165) is 38.5 Å². The second-order valence-electron chi connectivity index (χ2n) is 14.3. The number of hydrogen-bond acceptors (Lipinski definition) is 7. The molecule has 9 heteroatoms. The van der Waals surface area contributed by atoms with Crippen molar-refractivity contribution in [3.8, 4) is 0 Å². The summed E-state index contributed by atoms with van der Waals surface area (Å²) in [6.07, 6.45) is 14.9. The normalized spacial score (nSPS) is 23.9. The molecule has 0 aromatic carbocycles. The molecule has 0 radical (unpaired) electrons. The van der Waals surface area contributed by atoms with Crippen molar-refractivity contribution in [2.45, 2.75) is 168 Å². The molecule has 2 fully saturated rings. The van der Waals surface area contributed by atoms with Crippen LogP contribution in [0.25, 0.3) is 0 Å². The molecule has 9 nitrogen and oxygen atoms in total. The first-order valence-corrected chi connectivity index (χ1v) is 16.6. The molecule has 0 aromatic heterocycles. The Bertz CT molecular complexity index is 793. The Labute approximate surface area is 262 Å². The minimum absolute atomic E-state index is 0.0832. The van der Waals surface area contributed by atoms with Gasteiger partial charge in [-0.2, -0.15) is 0 Å². The average molecular weight is 613 g/mol. The lowest BCUT2D eigenvalue weighted by atomic mass is 9.82. The lowest BCUT2D eigenvalue weighted by Gasteiger charge is -2.32. The largest absolute Gasteiger partial charge is 0.498 e. The van der Waals surface area contributed by atoms with Gasteiger partial charge in [0.25, 0.3) is 0 Å². The van der Waals surface area contributed by atoms with Crippen molar-refractivity contribution < 1.29 is 33.6 Å². The predicted molar refractivity (Wildman–Crippen MR) is 172 cm³/mol. The molecule has 0 spiro atoms. The van der Waals surface area contributed by atoms with Crippen molar-refractivity contribution in [3.63, 3.8) is 0 Å². The second kappa shape index (κ2) is 20.1. The highest BCUT2D eigenvalue weighted by molar-refractivity contribution is 5.68. The Morgan fingerprint density at radius 3 is 1.63 bits per heavy atom. The molecule has 0 saturated heterocycles. The number of carbonyl (C=O) groups is 2. The zero-order valence-corrected chi connectivity index (χ0v) is 28.5. The van der Waals surface area contributed by atoms with Crippen molar-refractivity contribution in [1.29, 1.82) is 0 Å². The molecular weight excluding hydrogens is 548 g/mol. The van der Waals surface area contributed by atoms with E-state index >= 15 is 0 Å². The van der Waals surface area contributed by atoms with Crippen LogP contribution in [0.2, 0.25) is 0 Å². The molecule has 6 atom stereocenters. The van der Waals surface area contributed by atoms with E-state index in [9.17, 15) is 9.59 Å². The first kappa shape index (κ1) is 39.0. The van der Waals surface area contributed by atoms with Gasteiger partial charge in [-0.3, -0.25) is 0 Å². The van der Waals surface area contributed by atoms with Crippen LogP contribution in [0.3, 0.4) is 0 Å². The molecule has 43 heavy (non-hydrogen) atoms. The van der Waals surface area contributed by atoms with E-state index in [1.165, 1.54) is 38.5 Å². The minimum atomic E-state index is -0.462. The average Bonchev–Trinajstić information content (AvgIpc) is 2.89. The van der Waals surface area contributed by atoms with Crippen LogP contribution in [0.15, 0.2) is 12.8 Å². The van der Waals surface area contributed by atoms with E-state index in [1.54, 1.807) is 6.26 Å². The molecule has 2 aliphatic carbocycles. The molecule has 2 rings (SSSR count). The van der Waals surface area contributed by atoms with Crippen molar-refractivity contribution >= 4 is 12.2 Å². The SMILES string of the molecule is C=CO[C@H]1CCCC[C@H]1CC[C@@H](C)NC(=O)OC(C)(C)C.C[C@H](CC[C@@H]1CCCC[C@@H]1OCCO)NC(=O)OC(C)(C)C. The van der Waals surface area contributed by atoms with Crippen LogP contribution in [0.5, 0.6) is 0 Å². The summed E-state index contributed by atoms with van der Waals surface area (Å²) >= 11 is 0. The van der Waals surface area contributed by atoms with Gasteiger partial charge in [-0.1, -0.05) is 25.8 Å². The van der Waals surface area contributed by atoms with Gasteiger partial charge < -0.3 is 34.7 Å². The smallest absolute Gasteiger partial charge is 0.407 e. The van der Waals surface area contributed by atoms with Gasteiger partial charge in [-0.25, -0.2) is 9.59 Å². The van der Waals surface area contributed by atoms with Gasteiger partial charge in [0, 0.05) is 12.1 Å². The van der Waals surface area contributed by atoms with Crippen LogP contribution in [0.1, 0.15) is 132 Å². The first-order chi connectivity index (χ1) is 20.1. The van der Waals surface area contributed by atoms with E-state index in [0.29, 0.717) is 24.5 Å². The Kier molecular flexibility index (Phi) is 18.3. The topological polar surface area (TPSA) is 115 Å². The predicted octanol–water partition coefficient (Wildman–Crippen LogP) is 7.65. The van der Waals surface area contributed by atoms with Crippen LogP contribution in [-0.4, -0.2) is 66.0 Å². The van der Waals surface area contributed by atoms with Gasteiger partial charge in [0.2, 0.25) is 0 Å². The number of aliphatic hydroxyl groups excluding tert-OH is 1. The van der Waals surface area contributed by atoms with E-state index < -0.39 is 11.2 Å². The molecule has 0 aromatic rings. The van der Waals surface area contributed by atoms with Crippen LogP contribution in [0, 0.1) is 11.8 Å². The number of ether oxygens (including phenoxy) is 4. The quantitative estimate of drug-likeness (QED) is 0.183. The molecule has 2 amide bonds. The van der Waals surface area contributed by atoms with Crippen molar-refractivity contribution in [2.75, 3.05) is 13.2 Å². The Balaban J connectivity index is 0.000000430. The molecule has 2 saturated carbocycles. The van der Waals surface area contributed by atoms with Crippen molar-refractivity contribution in [3.05, 3.63) is 12.8 Å². The van der Waals surface area contributed by atoms with E-state index in [4.69, 9.17) is 24.1 Å². The number of nitrogens with one attached hydrogen (secondary N) is 2. The fraction of sp³-hybridized carbons (Fsp3) is 0.882. The van der Waals surface area contributed by atoms with Crippen molar-refractivity contribution in [2.24, 2.45) is 11.8 Å². The number of amides is 2. The Hall–Kier alpha value is -2.00. The zero-order chi connectivity index (χ0) is 32.5. The van der Waals surface area contributed by atoms with E-state index in [-0.39, 0.29) is 37.0 Å². The highest BCUT2D eigenvalue weighted by atomic mass is 16.6. The highest BCUT2D eigenvalue weighted by Gasteiger charge is 2.28. The molecular formula is C34H64N2O7. The van der Waals surface area contributed by atoms with Crippen molar-refractivity contribution in [1.82, 2.24) is 10.6 Å². The number of hydrogen-bond donors (Lipinski definition) is 3. The minimum Gasteiger partial charge on any atom is -0.498 e. The molecule has 0 aliphatic heterocycles. The molecule has 252 valence electrons. The van der Waals surface area contributed by atoms with Gasteiger partial charge in [-0.05, 0) is 125 Å². The van der Waals surface area contributed by atoms with E-state index in [2.05, 4.69) is 17.2 Å². The van der Waals surface area contributed by atoms with Crippen LogP contribution < -0.4 is 10.6 Å². The maximum atomic E-state index is 11.7. The number of carbonyl (C=O) groups excluding carboxylic acids is 2. The zero-order valence-electron chi connectivity index (χ0n) is 28.5. The molecule has 0 unspecified atom stereocenters. The Morgan fingerprint density at radius 1 is 0.791 bits per heavy atom. The third-order valence-corrected chi connectivity index (χ3v) is 7.84. The second-order valence-corrected chi connectivity index (χ2v) is 14.3. The summed E-state index contributed by atoms with van der Waals surface area (Å²) < 4.78 is 21.9. The lowest BCUT2D eigenvalue weighted by Crippen LogP contribution is -2.38. The summed E-state index contributed by atoms with van der Waals surface area (Å²) in [6.45, 7) is 19.4. The molecule has 0 heterocycles. The monoisotopic (exact) mass is 612 g/mol.